The van der Waals surface area contributed by atoms with E-state index in [1.807, 2.05) is 60.0 Å². The normalized spacial score (nSPS) is 10.7. The van der Waals surface area contributed by atoms with Gasteiger partial charge in [-0.3, -0.25) is 4.79 Å². The van der Waals surface area contributed by atoms with Crippen LogP contribution >= 0.6 is 22.9 Å². The Kier molecular flexibility index (Phi) is 6.73. The Hall–Kier alpha value is -3.35. The molecule has 0 saturated heterocycles. The molecule has 5 nitrogen and oxygen atoms in total. The first-order valence-corrected chi connectivity index (χ1v) is 11.3. The molecule has 1 N–H and O–H groups in total. The molecule has 0 atom stereocenters. The molecule has 0 aliphatic carbocycles. The zero-order valence-electron chi connectivity index (χ0n) is 17.3. The van der Waals surface area contributed by atoms with Crippen LogP contribution in [-0.4, -0.2) is 25.1 Å². The average Bonchev–Trinajstić information content (AvgIpc) is 3.21. The maximum atomic E-state index is 12.6. The predicted molar refractivity (Wildman–Crippen MR) is 129 cm³/mol. The molecule has 32 heavy (non-hydrogen) atoms. The smallest absolute Gasteiger partial charge is 0.341 e. The molecule has 0 spiro atoms. The van der Waals surface area contributed by atoms with E-state index in [2.05, 4.69) is 5.32 Å². The first kappa shape index (κ1) is 21.9. The summed E-state index contributed by atoms with van der Waals surface area (Å²) in [6, 6.07) is 20.7. The van der Waals surface area contributed by atoms with E-state index in [0.717, 1.165) is 16.3 Å². The van der Waals surface area contributed by atoms with Crippen LogP contribution in [0.2, 0.25) is 5.02 Å². The Labute approximate surface area is 194 Å². The van der Waals surface area contributed by atoms with E-state index in [-0.39, 0.29) is 19.1 Å². The first-order valence-electron chi connectivity index (χ1n) is 10.0. The number of rotatable bonds is 7. The lowest BCUT2D eigenvalue weighted by atomic mass is 10.0. The number of hydrogen-bond acceptors (Lipinski definition) is 5. The van der Waals surface area contributed by atoms with Crippen LogP contribution in [-0.2, 0) is 9.53 Å². The second-order valence-corrected chi connectivity index (χ2v) is 8.24. The van der Waals surface area contributed by atoms with Crippen molar-refractivity contribution in [2.24, 2.45) is 0 Å². The van der Waals surface area contributed by atoms with E-state index in [0.29, 0.717) is 26.9 Å². The van der Waals surface area contributed by atoms with Crippen LogP contribution in [0.25, 0.3) is 21.9 Å². The minimum Gasteiger partial charge on any atom is -0.484 e. The average molecular weight is 466 g/mol. The number of thiophene rings is 1. The zero-order chi connectivity index (χ0) is 22.5. The number of nitrogens with one attached hydrogen (secondary N) is 1. The first-order chi connectivity index (χ1) is 15.5. The lowest BCUT2D eigenvalue weighted by Gasteiger charge is -2.10. The minimum atomic E-state index is -0.496. The molecular formula is C25H20ClNO4S. The summed E-state index contributed by atoms with van der Waals surface area (Å²) in [5.74, 6) is -0.268. The summed E-state index contributed by atoms with van der Waals surface area (Å²) in [5, 5.41) is 7.74. The molecule has 7 heteroatoms. The number of anilines is 1. The van der Waals surface area contributed by atoms with Crippen LogP contribution in [0.4, 0.5) is 5.00 Å². The zero-order valence-corrected chi connectivity index (χ0v) is 18.8. The van der Waals surface area contributed by atoms with Gasteiger partial charge >= 0.3 is 5.97 Å². The molecule has 1 aromatic heterocycles. The highest BCUT2D eigenvalue weighted by Crippen LogP contribution is 2.36. The van der Waals surface area contributed by atoms with Crippen LogP contribution in [0.3, 0.4) is 0 Å². The van der Waals surface area contributed by atoms with E-state index in [1.165, 1.54) is 11.3 Å². The van der Waals surface area contributed by atoms with E-state index in [1.54, 1.807) is 19.1 Å². The van der Waals surface area contributed by atoms with Crippen LogP contribution < -0.4 is 10.1 Å². The van der Waals surface area contributed by atoms with Gasteiger partial charge in [0, 0.05) is 16.0 Å². The summed E-state index contributed by atoms with van der Waals surface area (Å²) in [5.41, 5.74) is 1.80. The molecule has 0 fully saturated rings. The summed E-state index contributed by atoms with van der Waals surface area (Å²) in [6.45, 7) is 1.78. The summed E-state index contributed by atoms with van der Waals surface area (Å²) < 4.78 is 10.9. The van der Waals surface area contributed by atoms with Gasteiger partial charge in [-0.25, -0.2) is 4.79 Å². The van der Waals surface area contributed by atoms with Crippen molar-refractivity contribution in [1.29, 1.82) is 0 Å². The number of carbonyl (C=O) groups is 2. The molecule has 4 aromatic rings. The standard InChI is InChI=1S/C25H20ClNO4S/c1-2-30-25(29)23-21(17-7-10-19(26)11-8-17)15-32-24(23)27-22(28)14-31-20-12-9-16-5-3-4-6-18(16)13-20/h3-13,15H,2,14H2,1H3,(H,27,28). The number of benzene rings is 3. The maximum absolute atomic E-state index is 12.6. The van der Waals surface area contributed by atoms with Gasteiger partial charge < -0.3 is 14.8 Å². The number of amides is 1. The summed E-state index contributed by atoms with van der Waals surface area (Å²) in [7, 11) is 0. The highest BCUT2D eigenvalue weighted by atomic mass is 35.5. The fraction of sp³-hybridized carbons (Fsp3) is 0.120. The minimum absolute atomic E-state index is 0.186. The monoisotopic (exact) mass is 465 g/mol. The molecule has 0 saturated carbocycles. The molecule has 162 valence electrons. The van der Waals surface area contributed by atoms with Gasteiger partial charge in [0.25, 0.3) is 5.91 Å². The van der Waals surface area contributed by atoms with Crippen molar-refractivity contribution in [2.75, 3.05) is 18.5 Å². The molecule has 4 rings (SSSR count). The quantitative estimate of drug-likeness (QED) is 0.320. The van der Waals surface area contributed by atoms with Crippen molar-refractivity contribution in [1.82, 2.24) is 0 Å². The van der Waals surface area contributed by atoms with E-state index >= 15 is 0 Å². The number of fused-ring (bicyclic) bond motifs is 1. The summed E-state index contributed by atoms with van der Waals surface area (Å²) >= 11 is 7.24. The molecule has 3 aromatic carbocycles. The molecule has 1 amide bonds. The fourth-order valence-electron chi connectivity index (χ4n) is 3.27. The Morgan fingerprint density at radius 1 is 1.00 bits per heavy atom. The van der Waals surface area contributed by atoms with Crippen molar-refractivity contribution in [2.45, 2.75) is 6.92 Å². The van der Waals surface area contributed by atoms with Gasteiger partial charge in [-0.05, 0) is 47.5 Å². The fourth-order valence-corrected chi connectivity index (χ4v) is 4.37. The van der Waals surface area contributed by atoms with E-state index in [4.69, 9.17) is 21.1 Å². The van der Waals surface area contributed by atoms with Crippen molar-refractivity contribution in [3.63, 3.8) is 0 Å². The molecule has 0 radical (unpaired) electrons. The molecular weight excluding hydrogens is 446 g/mol. The lowest BCUT2D eigenvalue weighted by Crippen LogP contribution is -2.21. The number of esters is 1. The molecule has 0 unspecified atom stereocenters. The number of hydrogen-bond donors (Lipinski definition) is 1. The Morgan fingerprint density at radius 2 is 1.75 bits per heavy atom. The molecule has 0 aliphatic heterocycles. The number of carbonyl (C=O) groups excluding carboxylic acids is 2. The van der Waals surface area contributed by atoms with Gasteiger partial charge in [-0.1, -0.05) is 54.1 Å². The number of ether oxygens (including phenoxy) is 2. The van der Waals surface area contributed by atoms with E-state index in [9.17, 15) is 9.59 Å². The van der Waals surface area contributed by atoms with Gasteiger partial charge in [0.15, 0.2) is 6.61 Å². The topological polar surface area (TPSA) is 64.6 Å². The Balaban J connectivity index is 1.51. The van der Waals surface area contributed by atoms with Gasteiger partial charge in [0.2, 0.25) is 0 Å². The second-order valence-electron chi connectivity index (χ2n) is 6.93. The third-order valence-electron chi connectivity index (χ3n) is 4.77. The molecule has 0 aliphatic rings. The van der Waals surface area contributed by atoms with Crippen molar-refractivity contribution in [3.05, 3.63) is 82.7 Å². The van der Waals surface area contributed by atoms with Gasteiger partial charge in [0.1, 0.15) is 16.3 Å². The van der Waals surface area contributed by atoms with Gasteiger partial charge in [0.05, 0.1) is 6.61 Å². The van der Waals surface area contributed by atoms with Crippen LogP contribution in [0, 0.1) is 0 Å². The third kappa shape index (κ3) is 4.93. The summed E-state index contributed by atoms with van der Waals surface area (Å²) in [6.07, 6.45) is 0. The van der Waals surface area contributed by atoms with Crippen LogP contribution in [0.15, 0.2) is 72.1 Å². The van der Waals surface area contributed by atoms with Crippen LogP contribution in [0.5, 0.6) is 5.75 Å². The van der Waals surface area contributed by atoms with Gasteiger partial charge in [-0.2, -0.15) is 0 Å². The lowest BCUT2D eigenvalue weighted by molar-refractivity contribution is -0.118. The summed E-state index contributed by atoms with van der Waals surface area (Å²) in [4.78, 5) is 25.2. The highest BCUT2D eigenvalue weighted by molar-refractivity contribution is 7.15. The van der Waals surface area contributed by atoms with E-state index < -0.39 is 5.97 Å². The number of halogens is 1. The predicted octanol–water partition coefficient (Wildman–Crippen LogP) is 6.42. The second kappa shape index (κ2) is 9.85. The highest BCUT2D eigenvalue weighted by Gasteiger charge is 2.23. The van der Waals surface area contributed by atoms with Gasteiger partial charge in [-0.15, -0.1) is 11.3 Å². The third-order valence-corrected chi connectivity index (χ3v) is 5.92. The Morgan fingerprint density at radius 3 is 2.50 bits per heavy atom. The largest absolute Gasteiger partial charge is 0.484 e. The Bertz CT molecular complexity index is 1270. The van der Waals surface area contributed by atoms with Crippen LogP contribution in [0.1, 0.15) is 17.3 Å². The molecule has 1 heterocycles. The van der Waals surface area contributed by atoms with Crippen molar-refractivity contribution < 1.29 is 19.1 Å². The molecule has 0 bridgehead atoms. The van der Waals surface area contributed by atoms with Crippen molar-refractivity contribution in [3.8, 4) is 16.9 Å². The SMILES string of the molecule is CCOC(=O)c1c(-c2ccc(Cl)cc2)csc1NC(=O)COc1ccc2ccccc2c1. The maximum Gasteiger partial charge on any atom is 0.341 e. The van der Waals surface area contributed by atoms with Crippen molar-refractivity contribution >= 4 is 50.6 Å².